The van der Waals surface area contributed by atoms with Crippen molar-refractivity contribution < 1.29 is 0 Å². The standard InChI is InChI=1S/C14H15N/c1-11-7-3-4-8-12(2)15-14-10-6-5-9-13(11)14/h3-11,15H,2H2,1H3/b7-3-,8-4-. The molecule has 0 bridgehead atoms. The molecule has 15 heavy (non-hydrogen) atoms. The van der Waals surface area contributed by atoms with Crippen molar-refractivity contribution >= 4 is 5.69 Å². The SMILES string of the molecule is C=C1/C=C\C=C/C(C)c2ccccc2N1. The summed E-state index contributed by atoms with van der Waals surface area (Å²) in [7, 11) is 0. The van der Waals surface area contributed by atoms with Gasteiger partial charge in [0.05, 0.1) is 0 Å². The molecule has 0 aliphatic carbocycles. The molecule has 1 heteroatoms. The van der Waals surface area contributed by atoms with Crippen LogP contribution in [0, 0.1) is 0 Å². The molecule has 76 valence electrons. The van der Waals surface area contributed by atoms with Crippen LogP contribution >= 0.6 is 0 Å². The van der Waals surface area contributed by atoms with Crippen LogP contribution in [0.2, 0.25) is 0 Å². The second kappa shape index (κ2) is 4.18. The third-order valence-electron chi connectivity index (χ3n) is 2.55. The van der Waals surface area contributed by atoms with Crippen LogP contribution in [0.1, 0.15) is 18.4 Å². The first-order chi connectivity index (χ1) is 7.27. The smallest absolute Gasteiger partial charge is 0.0422 e. The summed E-state index contributed by atoms with van der Waals surface area (Å²) < 4.78 is 0. The first kappa shape index (κ1) is 9.78. The van der Waals surface area contributed by atoms with Gasteiger partial charge in [0, 0.05) is 17.3 Å². The van der Waals surface area contributed by atoms with E-state index in [1.165, 1.54) is 5.56 Å². The molecule has 1 aliphatic heterocycles. The summed E-state index contributed by atoms with van der Waals surface area (Å²) in [6.07, 6.45) is 8.25. The molecular weight excluding hydrogens is 182 g/mol. The molecular formula is C14H15N. The lowest BCUT2D eigenvalue weighted by molar-refractivity contribution is 0.970. The Morgan fingerprint density at radius 3 is 2.87 bits per heavy atom. The second-order valence-electron chi connectivity index (χ2n) is 3.77. The molecule has 0 radical (unpaired) electrons. The Hall–Kier alpha value is -1.76. The zero-order chi connectivity index (χ0) is 10.7. The minimum atomic E-state index is 0.421. The largest absolute Gasteiger partial charge is 0.356 e. The van der Waals surface area contributed by atoms with Gasteiger partial charge in [0.25, 0.3) is 0 Å². The summed E-state index contributed by atoms with van der Waals surface area (Å²) in [5.41, 5.74) is 3.37. The van der Waals surface area contributed by atoms with Crippen LogP contribution < -0.4 is 5.32 Å². The van der Waals surface area contributed by atoms with Crippen molar-refractivity contribution in [3.8, 4) is 0 Å². The average molecular weight is 197 g/mol. The summed E-state index contributed by atoms with van der Waals surface area (Å²) in [4.78, 5) is 0. The van der Waals surface area contributed by atoms with Gasteiger partial charge in [0.2, 0.25) is 0 Å². The maximum Gasteiger partial charge on any atom is 0.0422 e. The molecule has 2 rings (SSSR count). The molecule has 1 N–H and O–H groups in total. The van der Waals surface area contributed by atoms with Gasteiger partial charge in [-0.1, -0.05) is 49.9 Å². The van der Waals surface area contributed by atoms with E-state index in [-0.39, 0.29) is 0 Å². The van der Waals surface area contributed by atoms with Gasteiger partial charge in [-0.3, -0.25) is 0 Å². The van der Waals surface area contributed by atoms with Gasteiger partial charge in [0.1, 0.15) is 0 Å². The van der Waals surface area contributed by atoms with E-state index in [9.17, 15) is 0 Å². The topological polar surface area (TPSA) is 12.0 Å². The molecule has 0 aromatic heterocycles. The van der Waals surface area contributed by atoms with E-state index >= 15 is 0 Å². The van der Waals surface area contributed by atoms with Gasteiger partial charge >= 0.3 is 0 Å². The molecule has 1 heterocycles. The van der Waals surface area contributed by atoms with Crippen LogP contribution in [0.3, 0.4) is 0 Å². The zero-order valence-corrected chi connectivity index (χ0v) is 8.90. The predicted octanol–water partition coefficient (Wildman–Crippen LogP) is 3.84. The maximum atomic E-state index is 3.95. The summed E-state index contributed by atoms with van der Waals surface area (Å²) in [6.45, 7) is 6.14. The van der Waals surface area contributed by atoms with Crippen molar-refractivity contribution in [3.63, 3.8) is 0 Å². The highest BCUT2D eigenvalue weighted by atomic mass is 14.9. The van der Waals surface area contributed by atoms with Crippen molar-refractivity contribution in [2.24, 2.45) is 0 Å². The summed E-state index contributed by atoms with van der Waals surface area (Å²) >= 11 is 0. The van der Waals surface area contributed by atoms with E-state index in [1.807, 2.05) is 18.2 Å². The molecule has 0 fully saturated rings. The Balaban J connectivity index is 2.47. The van der Waals surface area contributed by atoms with Gasteiger partial charge in [0.15, 0.2) is 0 Å². The third-order valence-corrected chi connectivity index (χ3v) is 2.55. The van der Waals surface area contributed by atoms with Crippen LogP contribution in [0.5, 0.6) is 0 Å². The molecule has 0 saturated carbocycles. The summed E-state index contributed by atoms with van der Waals surface area (Å²) in [5, 5.41) is 3.31. The van der Waals surface area contributed by atoms with Gasteiger partial charge in [-0.25, -0.2) is 0 Å². The monoisotopic (exact) mass is 197 g/mol. The number of rotatable bonds is 0. The van der Waals surface area contributed by atoms with E-state index in [0.717, 1.165) is 11.4 Å². The number of hydrogen-bond acceptors (Lipinski definition) is 1. The Bertz CT molecular complexity index is 427. The first-order valence-corrected chi connectivity index (χ1v) is 5.17. The van der Waals surface area contributed by atoms with Crippen molar-refractivity contribution in [1.82, 2.24) is 0 Å². The van der Waals surface area contributed by atoms with Crippen molar-refractivity contribution in [3.05, 3.63) is 66.4 Å². The number of anilines is 1. The molecule has 1 aromatic carbocycles. The fourth-order valence-corrected chi connectivity index (χ4v) is 1.73. The normalized spacial score (nSPS) is 24.1. The van der Waals surface area contributed by atoms with Gasteiger partial charge in [-0.15, -0.1) is 0 Å². The zero-order valence-electron chi connectivity index (χ0n) is 8.90. The molecule has 0 saturated heterocycles. The molecule has 1 nitrogen and oxygen atoms in total. The quantitative estimate of drug-likeness (QED) is 0.666. The molecule has 1 unspecified atom stereocenters. The van der Waals surface area contributed by atoms with Crippen molar-refractivity contribution in [2.75, 3.05) is 5.32 Å². The highest BCUT2D eigenvalue weighted by Gasteiger charge is 2.07. The molecule has 1 aromatic rings. The maximum absolute atomic E-state index is 3.95. The summed E-state index contributed by atoms with van der Waals surface area (Å²) in [6, 6.07) is 8.34. The number of allylic oxidation sites excluding steroid dienone is 4. The average Bonchev–Trinajstić information content (AvgIpc) is 2.30. The van der Waals surface area contributed by atoms with Gasteiger partial charge in [-0.2, -0.15) is 0 Å². The molecule has 1 aliphatic rings. The van der Waals surface area contributed by atoms with Crippen molar-refractivity contribution in [1.29, 1.82) is 0 Å². The predicted molar refractivity (Wildman–Crippen MR) is 65.9 cm³/mol. The molecule has 0 amide bonds. The fourth-order valence-electron chi connectivity index (χ4n) is 1.73. The van der Waals surface area contributed by atoms with E-state index in [0.29, 0.717) is 5.92 Å². The van der Waals surface area contributed by atoms with Crippen molar-refractivity contribution in [2.45, 2.75) is 12.8 Å². The minimum Gasteiger partial charge on any atom is -0.356 e. The highest BCUT2D eigenvalue weighted by molar-refractivity contribution is 5.58. The highest BCUT2D eigenvalue weighted by Crippen LogP contribution is 2.27. The first-order valence-electron chi connectivity index (χ1n) is 5.17. The van der Waals surface area contributed by atoms with Gasteiger partial charge < -0.3 is 5.32 Å². The van der Waals surface area contributed by atoms with E-state index in [4.69, 9.17) is 0 Å². The number of benzene rings is 1. The number of fused-ring (bicyclic) bond motifs is 1. The lowest BCUT2D eigenvalue weighted by Crippen LogP contribution is -2.00. The van der Waals surface area contributed by atoms with Gasteiger partial charge in [-0.05, 0) is 17.7 Å². The van der Waals surface area contributed by atoms with Crippen LogP contribution in [-0.4, -0.2) is 0 Å². The van der Waals surface area contributed by atoms with E-state index < -0.39 is 0 Å². The van der Waals surface area contributed by atoms with Crippen LogP contribution in [-0.2, 0) is 0 Å². The number of para-hydroxylation sites is 1. The lowest BCUT2D eigenvalue weighted by atomic mass is 9.99. The van der Waals surface area contributed by atoms with Crippen LogP contribution in [0.4, 0.5) is 5.69 Å². The lowest BCUT2D eigenvalue weighted by Gasteiger charge is -2.14. The fraction of sp³-hybridized carbons (Fsp3) is 0.143. The van der Waals surface area contributed by atoms with E-state index in [1.54, 1.807) is 0 Å². The molecule has 0 spiro atoms. The number of nitrogens with one attached hydrogen (secondary N) is 1. The summed E-state index contributed by atoms with van der Waals surface area (Å²) in [5.74, 6) is 0.421. The Morgan fingerprint density at radius 1 is 1.20 bits per heavy atom. The van der Waals surface area contributed by atoms with Crippen LogP contribution in [0.25, 0.3) is 0 Å². The van der Waals surface area contributed by atoms with E-state index in [2.05, 4.69) is 49.2 Å². The number of hydrogen-bond donors (Lipinski definition) is 1. The molecule has 1 atom stereocenters. The third kappa shape index (κ3) is 2.18. The Kier molecular flexibility index (Phi) is 2.72. The second-order valence-corrected chi connectivity index (χ2v) is 3.77. The minimum absolute atomic E-state index is 0.421. The Morgan fingerprint density at radius 2 is 2.00 bits per heavy atom. The Labute approximate surface area is 90.8 Å². The van der Waals surface area contributed by atoms with Crippen LogP contribution in [0.15, 0.2) is 60.8 Å².